The maximum absolute atomic E-state index is 12.8. The first-order valence-electron chi connectivity index (χ1n) is 36.5. The van der Waals surface area contributed by atoms with E-state index in [2.05, 4.69) is 231 Å². The maximum atomic E-state index is 12.8. The second kappa shape index (κ2) is 48.5. The average molecular weight is 1480 g/mol. The van der Waals surface area contributed by atoms with Crippen molar-refractivity contribution in [1.82, 2.24) is 14.9 Å². The van der Waals surface area contributed by atoms with E-state index in [1.54, 1.807) is 19.4 Å². The predicted molar refractivity (Wildman–Crippen MR) is 440 cm³/mol. The summed E-state index contributed by atoms with van der Waals surface area (Å²) in [4.78, 5) is 13.0. The van der Waals surface area contributed by atoms with Crippen LogP contribution in [-0.2, 0) is 19.3 Å². The quantitative estimate of drug-likeness (QED) is 0.0856. The first-order chi connectivity index (χ1) is 47.5. The summed E-state index contributed by atoms with van der Waals surface area (Å²) in [5.74, 6) is 8.57. The summed E-state index contributed by atoms with van der Waals surface area (Å²) >= 11 is 29.5. The van der Waals surface area contributed by atoms with Crippen LogP contribution in [0.25, 0.3) is 0 Å². The summed E-state index contributed by atoms with van der Waals surface area (Å²) in [5, 5.41) is 3.73. The minimum absolute atomic E-state index is 0.259. The van der Waals surface area contributed by atoms with Gasteiger partial charge in [-0.15, -0.1) is 0 Å². The first kappa shape index (κ1) is 91.6. The van der Waals surface area contributed by atoms with E-state index in [4.69, 9.17) is 62.7 Å². The number of benzene rings is 6. The van der Waals surface area contributed by atoms with Gasteiger partial charge < -0.3 is 14.5 Å². The number of para-hydroxylation sites is 1. The Morgan fingerprint density at radius 3 is 1.43 bits per heavy atom. The van der Waals surface area contributed by atoms with Crippen molar-refractivity contribution in [2.75, 3.05) is 46.2 Å². The van der Waals surface area contributed by atoms with Gasteiger partial charge in [-0.1, -0.05) is 281 Å². The lowest BCUT2D eigenvalue weighted by Crippen LogP contribution is -2.13. The number of halogens is 7. The number of methoxy groups -OCH3 is 1. The maximum Gasteiger partial charge on any atom is 0.159 e. The topological polar surface area (TPSA) is 41.5 Å². The van der Waals surface area contributed by atoms with Crippen molar-refractivity contribution < 1.29 is 13.5 Å². The molecule has 0 aliphatic carbocycles. The van der Waals surface area contributed by atoms with E-state index in [-0.39, 0.29) is 5.92 Å². The van der Waals surface area contributed by atoms with E-state index in [1.807, 2.05) is 93.9 Å². The Labute approximate surface area is 637 Å². The lowest BCUT2D eigenvalue weighted by Gasteiger charge is -2.19. The third kappa shape index (κ3) is 34.8. The van der Waals surface area contributed by atoms with Crippen LogP contribution < -0.4 is 9.64 Å². The zero-order chi connectivity index (χ0) is 76.2. The Kier molecular flexibility index (Phi) is 44.0. The summed E-state index contributed by atoms with van der Waals surface area (Å²) in [6.45, 7) is 46.3. The minimum Gasteiger partial charge on any atom is -0.496 e. The molecule has 0 N–H and O–H groups in total. The van der Waals surface area contributed by atoms with E-state index in [0.29, 0.717) is 69.2 Å². The van der Waals surface area contributed by atoms with E-state index in [1.165, 1.54) is 70.6 Å². The van der Waals surface area contributed by atoms with Gasteiger partial charge in [-0.05, 0) is 222 Å². The highest BCUT2D eigenvalue weighted by Crippen LogP contribution is 2.34. The molecule has 1 unspecified atom stereocenters. The van der Waals surface area contributed by atoms with Crippen LogP contribution in [0.15, 0.2) is 170 Å². The number of hydrogen-bond donors (Lipinski definition) is 0. The van der Waals surface area contributed by atoms with Crippen molar-refractivity contribution in [3.05, 3.63) is 257 Å². The van der Waals surface area contributed by atoms with E-state index in [9.17, 15) is 8.78 Å². The predicted octanol–water partition coefficient (Wildman–Crippen LogP) is 27.9. The van der Waals surface area contributed by atoms with Crippen LogP contribution in [0.1, 0.15) is 218 Å². The fourth-order valence-electron chi connectivity index (χ4n) is 11.5. The molecule has 101 heavy (non-hydrogen) atoms. The number of likely N-dealkylation sites (tertiary alicyclic amines) is 1. The van der Waals surface area contributed by atoms with Crippen LogP contribution in [0.5, 0.6) is 5.75 Å². The van der Waals surface area contributed by atoms with E-state index in [0.717, 1.165) is 69.0 Å². The Balaban J connectivity index is 0.000000393. The molecule has 6 aromatic carbocycles. The van der Waals surface area contributed by atoms with Gasteiger partial charge in [-0.25, -0.2) is 13.8 Å². The number of aromatic nitrogens is 2. The number of hydrogen-bond acceptors (Lipinski definition) is 5. The van der Waals surface area contributed by atoms with Crippen molar-refractivity contribution in [3.8, 4) is 5.75 Å². The molecule has 6 atom stereocenters. The van der Waals surface area contributed by atoms with Gasteiger partial charge in [0.25, 0.3) is 0 Å². The molecule has 1 aliphatic rings. The minimum atomic E-state index is -0.778. The SMILES string of the molecule is CC(C)C(C)c1ccc(F)c(F)c1.CC(C)Cc1cccnc1N(C)C.CC(C)Cc1ncccc1Cl.CC(C)[C@H](C)c1ccc(Cl)c(Cl)c1.CC[C@H](c1ccc(Cl)cc1)C(C)C.COc1ccccc1CC(C)C.C[C@@H]1CN(C)C[C@H]1c1ccccc1.Cc1cc([C@@H](C)C(C)C)ccc1Cl. The van der Waals surface area contributed by atoms with Gasteiger partial charge >= 0.3 is 0 Å². The monoisotopic (exact) mass is 1480 g/mol. The molecule has 12 heteroatoms. The number of aryl methyl sites for hydroxylation is 1. The third-order valence-electron chi connectivity index (χ3n) is 18.4. The van der Waals surface area contributed by atoms with Crippen molar-refractivity contribution in [1.29, 1.82) is 0 Å². The van der Waals surface area contributed by atoms with Crippen LogP contribution >= 0.6 is 58.0 Å². The molecular weight excluding hydrogens is 1360 g/mol. The summed E-state index contributed by atoms with van der Waals surface area (Å²) in [7, 11) is 8.00. The third-order valence-corrected chi connectivity index (χ3v) is 20.1. The summed E-state index contributed by atoms with van der Waals surface area (Å²) in [6.07, 6.45) is 7.97. The summed E-state index contributed by atoms with van der Waals surface area (Å²) in [6, 6.07) is 51.4. The zero-order valence-electron chi connectivity index (χ0n) is 65.8. The van der Waals surface area contributed by atoms with Crippen molar-refractivity contribution >= 4 is 63.8 Å². The summed E-state index contributed by atoms with van der Waals surface area (Å²) < 4.78 is 30.7. The number of nitrogens with zero attached hydrogens (tertiary/aromatic N) is 4. The normalized spacial score (nSPS) is 14.4. The highest BCUT2D eigenvalue weighted by molar-refractivity contribution is 6.42. The fraction of sp³-hybridized carbons (Fsp3) is 0.483. The molecule has 556 valence electrons. The molecule has 0 spiro atoms. The summed E-state index contributed by atoms with van der Waals surface area (Å²) in [5.41, 5.74) is 11.2. The Morgan fingerprint density at radius 1 is 0.485 bits per heavy atom. The largest absolute Gasteiger partial charge is 0.496 e. The van der Waals surface area contributed by atoms with Gasteiger partial charge in [0.1, 0.15) is 11.6 Å². The molecule has 0 bridgehead atoms. The Bertz CT molecular complexity index is 3390. The first-order valence-corrected chi connectivity index (χ1v) is 38.4. The molecule has 1 aliphatic heterocycles. The van der Waals surface area contributed by atoms with Gasteiger partial charge in [0.2, 0.25) is 0 Å². The molecule has 1 fully saturated rings. The zero-order valence-corrected chi connectivity index (χ0v) is 69.5. The van der Waals surface area contributed by atoms with Gasteiger partial charge in [-0.3, -0.25) is 4.98 Å². The number of likely N-dealkylation sites (N-methyl/N-ethyl adjacent to an activating group) is 1. The van der Waals surface area contributed by atoms with Gasteiger partial charge in [0.15, 0.2) is 11.6 Å². The van der Waals surface area contributed by atoms with Crippen LogP contribution in [0.2, 0.25) is 25.1 Å². The van der Waals surface area contributed by atoms with Crippen molar-refractivity contribution in [2.45, 2.75) is 194 Å². The smallest absolute Gasteiger partial charge is 0.159 e. The number of pyridine rings is 2. The van der Waals surface area contributed by atoms with Crippen molar-refractivity contribution in [3.63, 3.8) is 0 Å². The standard InChI is InChI=1S/2C12H17Cl.C12H17N.C11H14Cl2.C11H14F2.C11H18N2.C11H16O.C9H12ClN/c1-8(2)10(4)11-5-6-12(13)9(3)7-11;1-4-12(9(2)3)10-5-7-11(13)8-6-10;1-10-8-13(2)9-12(10)11-6-4-3-5-7-11;2*1-7(2)8(3)9-4-5-10(12)11(13)6-9;1-9(2)8-10-6-5-7-12-11(10)13(3)4;1-9(2)8-10-6-4-5-7-11(10)12-3;1-7(2)6-9-8(10)4-3-5-11-9/h5-8,10H,1-4H3;5-9,12H,4H2,1-3H3;3-7,10,12H,8-9H2,1-2H3;2*4-8H,1-3H3;5-7,9H,8H2,1-4H3;4-7,9H,8H2,1-3H3;3-5,7H,6H2,1-2H3/t10-;12-;10-,12-;8-;;;;/m0010..../s1. The number of rotatable bonds is 18. The average Bonchev–Trinajstić information content (AvgIpc) is 1.76. The number of ether oxygens (including phenoxy) is 1. The Morgan fingerprint density at radius 2 is 0.960 bits per heavy atom. The highest BCUT2D eigenvalue weighted by Gasteiger charge is 2.28. The molecule has 0 amide bonds. The van der Waals surface area contributed by atoms with Gasteiger partial charge in [0.05, 0.1) is 27.9 Å². The molecular formula is C89H125Cl5F2N4O. The van der Waals surface area contributed by atoms with Crippen LogP contribution in [-0.4, -0.2) is 56.2 Å². The van der Waals surface area contributed by atoms with Crippen LogP contribution in [0.3, 0.4) is 0 Å². The molecule has 3 heterocycles. The molecule has 8 aromatic rings. The van der Waals surface area contributed by atoms with Gasteiger partial charge in [0, 0.05) is 55.5 Å². The lowest BCUT2D eigenvalue weighted by atomic mass is 9.86. The molecule has 9 rings (SSSR count). The fourth-order valence-corrected chi connectivity index (χ4v) is 12.3. The van der Waals surface area contributed by atoms with E-state index >= 15 is 0 Å². The number of anilines is 1. The van der Waals surface area contributed by atoms with E-state index < -0.39 is 11.6 Å². The molecule has 0 radical (unpaired) electrons. The molecule has 0 saturated carbocycles. The molecule has 2 aromatic heterocycles. The van der Waals surface area contributed by atoms with Crippen molar-refractivity contribution in [2.24, 2.45) is 47.3 Å². The molecule has 1 saturated heterocycles. The van der Waals surface area contributed by atoms with Gasteiger partial charge in [-0.2, -0.15) is 0 Å². The molecule has 5 nitrogen and oxygen atoms in total. The van der Waals surface area contributed by atoms with Crippen LogP contribution in [0, 0.1) is 65.9 Å². The highest BCUT2D eigenvalue weighted by atomic mass is 35.5. The van der Waals surface area contributed by atoms with Crippen LogP contribution in [0.4, 0.5) is 14.6 Å². The Hall–Kier alpha value is -5.51. The lowest BCUT2D eigenvalue weighted by molar-refractivity contribution is 0.401. The second-order valence-electron chi connectivity index (χ2n) is 29.9. The second-order valence-corrected chi connectivity index (χ2v) is 32.0.